The number of nitrogens with one attached hydrogen (secondary N) is 3. The van der Waals surface area contributed by atoms with Crippen LogP contribution in [0, 0.1) is 5.92 Å². The summed E-state index contributed by atoms with van der Waals surface area (Å²) in [6.07, 6.45) is 4.81. The van der Waals surface area contributed by atoms with E-state index in [9.17, 15) is 4.79 Å². The second kappa shape index (κ2) is 7.01. The average molecular weight is 280 g/mol. The molecule has 102 valence electrons. The predicted octanol–water partition coefficient (Wildman–Crippen LogP) is 0.826. The Labute approximate surface area is 116 Å². The highest BCUT2D eigenvalue weighted by molar-refractivity contribution is 7.80. The fourth-order valence-corrected chi connectivity index (χ4v) is 1.95. The highest BCUT2D eigenvalue weighted by atomic mass is 32.1. The van der Waals surface area contributed by atoms with E-state index >= 15 is 0 Å². The normalized spacial score (nSPS) is 15.6. The van der Waals surface area contributed by atoms with Crippen LogP contribution in [0.4, 0.5) is 5.69 Å². The van der Waals surface area contributed by atoms with Crippen molar-refractivity contribution in [2.45, 2.75) is 12.8 Å². The summed E-state index contributed by atoms with van der Waals surface area (Å²) < 4.78 is 5.21. The minimum atomic E-state index is -0.0568. The van der Waals surface area contributed by atoms with Crippen LogP contribution in [0.2, 0.25) is 0 Å². The van der Waals surface area contributed by atoms with E-state index < -0.39 is 0 Å². The Balaban J connectivity index is 1.72. The van der Waals surface area contributed by atoms with Gasteiger partial charge in [-0.2, -0.15) is 0 Å². The molecule has 2 rings (SSSR count). The van der Waals surface area contributed by atoms with Crippen LogP contribution in [-0.2, 0) is 9.53 Å². The van der Waals surface area contributed by atoms with Gasteiger partial charge in [0.15, 0.2) is 5.11 Å². The third-order valence-electron chi connectivity index (χ3n) is 2.81. The summed E-state index contributed by atoms with van der Waals surface area (Å²) in [6.45, 7) is 1.27. The number of nitrogens with zero attached hydrogens (tertiary/aromatic N) is 1. The molecule has 0 unspecified atom stereocenters. The molecule has 0 aromatic carbocycles. The van der Waals surface area contributed by atoms with Gasteiger partial charge in [0, 0.05) is 25.3 Å². The quantitative estimate of drug-likeness (QED) is 0.550. The second-order valence-corrected chi connectivity index (χ2v) is 4.60. The van der Waals surface area contributed by atoms with Crippen LogP contribution in [0.25, 0.3) is 0 Å². The largest absolute Gasteiger partial charge is 0.381 e. The molecule has 0 aliphatic carbocycles. The number of hydrogen-bond donors (Lipinski definition) is 3. The first-order valence-corrected chi connectivity index (χ1v) is 6.51. The van der Waals surface area contributed by atoms with E-state index in [4.69, 9.17) is 17.0 Å². The van der Waals surface area contributed by atoms with E-state index in [1.165, 1.54) is 0 Å². The van der Waals surface area contributed by atoms with Crippen molar-refractivity contribution in [1.82, 2.24) is 15.8 Å². The molecule has 0 bridgehead atoms. The third kappa shape index (κ3) is 4.46. The zero-order chi connectivity index (χ0) is 13.5. The lowest BCUT2D eigenvalue weighted by Gasteiger charge is -2.21. The summed E-state index contributed by atoms with van der Waals surface area (Å²) in [4.78, 5) is 15.8. The van der Waals surface area contributed by atoms with Gasteiger partial charge in [-0.25, -0.2) is 0 Å². The predicted molar refractivity (Wildman–Crippen MR) is 75.3 cm³/mol. The summed E-state index contributed by atoms with van der Waals surface area (Å²) in [5.41, 5.74) is 6.05. The van der Waals surface area contributed by atoms with Crippen molar-refractivity contribution in [1.29, 1.82) is 0 Å². The van der Waals surface area contributed by atoms with E-state index in [-0.39, 0.29) is 11.8 Å². The monoisotopic (exact) mass is 280 g/mol. The molecule has 0 atom stereocenters. The molecule has 19 heavy (non-hydrogen) atoms. The molecule has 1 aromatic rings. The van der Waals surface area contributed by atoms with Crippen molar-refractivity contribution in [3.8, 4) is 0 Å². The topological polar surface area (TPSA) is 75.3 Å². The number of pyridine rings is 1. The van der Waals surface area contributed by atoms with Gasteiger partial charge in [0.1, 0.15) is 0 Å². The van der Waals surface area contributed by atoms with Gasteiger partial charge in [-0.15, -0.1) is 0 Å². The molecule has 0 radical (unpaired) electrons. The van der Waals surface area contributed by atoms with Gasteiger partial charge in [-0.05, 0) is 37.2 Å². The smallest absolute Gasteiger partial charge is 0.241 e. The number of rotatable bonds is 2. The number of hydrogen-bond acceptors (Lipinski definition) is 4. The van der Waals surface area contributed by atoms with Gasteiger partial charge >= 0.3 is 0 Å². The molecule has 2 heterocycles. The van der Waals surface area contributed by atoms with Gasteiger partial charge in [0.25, 0.3) is 0 Å². The molecule has 7 heteroatoms. The van der Waals surface area contributed by atoms with Crippen molar-refractivity contribution in [2.24, 2.45) is 5.92 Å². The molecule has 1 saturated heterocycles. The Morgan fingerprint density at radius 1 is 1.37 bits per heavy atom. The maximum atomic E-state index is 11.8. The maximum absolute atomic E-state index is 11.8. The molecule has 1 aliphatic heterocycles. The number of aromatic nitrogens is 1. The van der Waals surface area contributed by atoms with Crippen LogP contribution < -0.4 is 16.2 Å². The highest BCUT2D eigenvalue weighted by Gasteiger charge is 2.21. The minimum Gasteiger partial charge on any atom is -0.381 e. The highest BCUT2D eigenvalue weighted by Crippen LogP contribution is 2.13. The van der Waals surface area contributed by atoms with Crippen LogP contribution in [-0.4, -0.2) is 29.2 Å². The standard InChI is InChI=1S/C12H16N4O2S/c17-11(9-3-6-18-7-4-9)15-16-12(19)14-10-2-1-5-13-8-10/h1-2,5,8-9H,3-4,6-7H2,(H,15,17)(H2,14,16,19). The Morgan fingerprint density at radius 2 is 2.16 bits per heavy atom. The Morgan fingerprint density at radius 3 is 2.84 bits per heavy atom. The van der Waals surface area contributed by atoms with Crippen molar-refractivity contribution in [3.63, 3.8) is 0 Å². The third-order valence-corrected chi connectivity index (χ3v) is 3.01. The van der Waals surface area contributed by atoms with Gasteiger partial charge in [0.05, 0.1) is 11.9 Å². The second-order valence-electron chi connectivity index (χ2n) is 4.20. The lowest BCUT2D eigenvalue weighted by Crippen LogP contribution is -2.47. The van der Waals surface area contributed by atoms with Crippen LogP contribution in [0.15, 0.2) is 24.5 Å². The Hall–Kier alpha value is -1.73. The number of anilines is 1. The number of hydrazine groups is 1. The summed E-state index contributed by atoms with van der Waals surface area (Å²) in [5.74, 6) is -0.0684. The summed E-state index contributed by atoms with van der Waals surface area (Å²) in [5, 5.41) is 3.25. The van der Waals surface area contributed by atoms with E-state index in [1.807, 2.05) is 6.07 Å². The van der Waals surface area contributed by atoms with Crippen molar-refractivity contribution in [2.75, 3.05) is 18.5 Å². The molecule has 1 fully saturated rings. The molecular weight excluding hydrogens is 264 g/mol. The maximum Gasteiger partial charge on any atom is 0.241 e. The molecule has 3 N–H and O–H groups in total. The number of ether oxygens (including phenoxy) is 1. The minimum absolute atomic E-state index is 0.0116. The molecule has 6 nitrogen and oxygen atoms in total. The van der Waals surface area contributed by atoms with Crippen LogP contribution in [0.3, 0.4) is 0 Å². The number of carbonyl (C=O) groups is 1. The first-order valence-electron chi connectivity index (χ1n) is 6.10. The van der Waals surface area contributed by atoms with Crippen LogP contribution >= 0.6 is 12.2 Å². The summed E-state index contributed by atoms with van der Waals surface area (Å²) in [6, 6.07) is 3.63. The van der Waals surface area contributed by atoms with E-state index in [0.717, 1.165) is 18.5 Å². The lowest BCUT2D eigenvalue weighted by atomic mass is 10.00. The van der Waals surface area contributed by atoms with Crippen molar-refractivity contribution >= 4 is 28.9 Å². The van der Waals surface area contributed by atoms with E-state index in [2.05, 4.69) is 21.2 Å². The fraction of sp³-hybridized carbons (Fsp3) is 0.417. The number of carbonyl (C=O) groups excluding carboxylic acids is 1. The fourth-order valence-electron chi connectivity index (χ4n) is 1.78. The molecule has 1 aromatic heterocycles. The summed E-state index contributed by atoms with van der Waals surface area (Å²) in [7, 11) is 0. The van der Waals surface area contributed by atoms with Crippen LogP contribution in [0.1, 0.15) is 12.8 Å². The average Bonchev–Trinajstić information content (AvgIpc) is 2.47. The summed E-state index contributed by atoms with van der Waals surface area (Å²) >= 11 is 5.07. The van der Waals surface area contributed by atoms with Crippen molar-refractivity contribution < 1.29 is 9.53 Å². The van der Waals surface area contributed by atoms with E-state index in [0.29, 0.717) is 18.3 Å². The van der Waals surface area contributed by atoms with Gasteiger partial charge in [-0.3, -0.25) is 20.6 Å². The van der Waals surface area contributed by atoms with Gasteiger partial charge < -0.3 is 10.1 Å². The number of thiocarbonyl (C=S) groups is 1. The molecule has 1 amide bonds. The zero-order valence-electron chi connectivity index (χ0n) is 10.4. The van der Waals surface area contributed by atoms with Gasteiger partial charge in [-0.1, -0.05) is 0 Å². The van der Waals surface area contributed by atoms with Crippen molar-refractivity contribution in [3.05, 3.63) is 24.5 Å². The first kappa shape index (κ1) is 13.7. The Kier molecular flexibility index (Phi) is 5.05. The molecular formula is C12H16N4O2S. The lowest BCUT2D eigenvalue weighted by molar-refractivity contribution is -0.128. The Bertz CT molecular complexity index is 435. The molecule has 0 saturated carbocycles. The van der Waals surface area contributed by atoms with Gasteiger partial charge in [0.2, 0.25) is 5.91 Å². The zero-order valence-corrected chi connectivity index (χ0v) is 11.2. The SMILES string of the molecule is O=C(NNC(=S)Nc1cccnc1)C1CCOCC1. The van der Waals surface area contributed by atoms with Crippen LogP contribution in [0.5, 0.6) is 0 Å². The molecule has 1 aliphatic rings. The van der Waals surface area contributed by atoms with E-state index in [1.54, 1.807) is 18.5 Å². The molecule has 0 spiro atoms. The number of amides is 1. The first-order chi connectivity index (χ1) is 9.25.